The van der Waals surface area contributed by atoms with Gasteiger partial charge < -0.3 is 9.47 Å². The Morgan fingerprint density at radius 2 is 2.26 bits per heavy atom. The quantitative estimate of drug-likeness (QED) is 0.826. The second-order valence-corrected chi connectivity index (χ2v) is 4.95. The van der Waals surface area contributed by atoms with Crippen LogP contribution in [0.25, 0.3) is 0 Å². The highest BCUT2D eigenvalue weighted by Crippen LogP contribution is 2.32. The molecule has 2 aromatic heterocycles. The van der Waals surface area contributed by atoms with Gasteiger partial charge in [-0.15, -0.1) is 0 Å². The first-order valence-electron chi connectivity index (χ1n) is 6.59. The fraction of sp³-hybridized carbons (Fsp3) is 0.333. The summed E-state index contributed by atoms with van der Waals surface area (Å²) in [6.45, 7) is 0.823. The van der Waals surface area contributed by atoms with Crippen molar-refractivity contribution < 1.29 is 4.79 Å². The van der Waals surface area contributed by atoms with Crippen molar-refractivity contribution in [3.8, 4) is 0 Å². The molecule has 1 unspecified atom stereocenters. The van der Waals surface area contributed by atoms with Gasteiger partial charge in [0.2, 0.25) is 0 Å². The zero-order chi connectivity index (χ0) is 13.2. The molecule has 0 radical (unpaired) electrons. The van der Waals surface area contributed by atoms with Crippen molar-refractivity contribution in [1.82, 2.24) is 14.5 Å². The highest BCUT2D eigenvalue weighted by Gasteiger charge is 2.31. The minimum Gasteiger partial charge on any atom is -0.347 e. The van der Waals surface area contributed by atoms with Crippen molar-refractivity contribution in [2.45, 2.75) is 18.9 Å². The molecular formula is C15H17N3O. The summed E-state index contributed by atoms with van der Waals surface area (Å²) >= 11 is 0. The van der Waals surface area contributed by atoms with E-state index in [9.17, 15) is 4.79 Å². The van der Waals surface area contributed by atoms with Crippen LogP contribution in [0.5, 0.6) is 0 Å². The molecule has 1 atom stereocenters. The van der Waals surface area contributed by atoms with Crippen molar-refractivity contribution in [1.29, 1.82) is 0 Å². The maximum Gasteiger partial charge on any atom is 0.270 e. The summed E-state index contributed by atoms with van der Waals surface area (Å²) in [7, 11) is 1.91. The number of pyridine rings is 1. The van der Waals surface area contributed by atoms with Crippen molar-refractivity contribution in [3.63, 3.8) is 0 Å². The molecule has 2 aromatic rings. The number of hydrogen-bond donors (Lipinski definition) is 0. The Morgan fingerprint density at radius 1 is 1.37 bits per heavy atom. The van der Waals surface area contributed by atoms with Crippen LogP contribution in [0.1, 0.15) is 34.9 Å². The van der Waals surface area contributed by atoms with E-state index < -0.39 is 0 Å². The highest BCUT2D eigenvalue weighted by molar-refractivity contribution is 5.93. The first-order valence-corrected chi connectivity index (χ1v) is 6.59. The normalized spacial score (nSPS) is 18.8. The van der Waals surface area contributed by atoms with Gasteiger partial charge in [0.25, 0.3) is 5.91 Å². The molecule has 1 saturated heterocycles. The Hall–Kier alpha value is -2.10. The summed E-state index contributed by atoms with van der Waals surface area (Å²) < 4.78 is 1.88. The second kappa shape index (κ2) is 4.88. The maximum atomic E-state index is 12.6. The molecule has 3 rings (SSSR count). The van der Waals surface area contributed by atoms with E-state index in [4.69, 9.17) is 0 Å². The average molecular weight is 255 g/mol. The molecule has 1 amide bonds. The standard InChI is InChI=1S/C15H17N3O/c1-17-9-3-7-14(17)15(19)18-10-4-6-13(18)12-5-2-8-16-11-12/h2-3,5,7-9,11,13H,4,6,10H2,1H3. The minimum absolute atomic E-state index is 0.110. The molecule has 0 aromatic carbocycles. The van der Waals surface area contributed by atoms with E-state index in [2.05, 4.69) is 4.98 Å². The van der Waals surface area contributed by atoms with Gasteiger partial charge in [-0.25, -0.2) is 0 Å². The van der Waals surface area contributed by atoms with Crippen LogP contribution in [-0.4, -0.2) is 26.9 Å². The molecule has 1 aliphatic heterocycles. The van der Waals surface area contributed by atoms with Crippen LogP contribution >= 0.6 is 0 Å². The summed E-state index contributed by atoms with van der Waals surface area (Å²) in [5.74, 6) is 0.110. The van der Waals surface area contributed by atoms with Crippen molar-refractivity contribution in [2.75, 3.05) is 6.54 Å². The zero-order valence-electron chi connectivity index (χ0n) is 11.0. The van der Waals surface area contributed by atoms with E-state index >= 15 is 0 Å². The topological polar surface area (TPSA) is 38.1 Å². The molecule has 0 aliphatic carbocycles. The molecule has 0 N–H and O–H groups in total. The number of amides is 1. The number of carbonyl (C=O) groups excluding carboxylic acids is 1. The predicted octanol–water partition coefficient (Wildman–Crippen LogP) is 2.40. The van der Waals surface area contributed by atoms with E-state index in [1.807, 2.05) is 53.2 Å². The smallest absolute Gasteiger partial charge is 0.270 e. The molecule has 1 aliphatic rings. The lowest BCUT2D eigenvalue weighted by Gasteiger charge is -2.25. The van der Waals surface area contributed by atoms with Crippen molar-refractivity contribution in [3.05, 3.63) is 54.1 Å². The number of rotatable bonds is 2. The number of likely N-dealkylation sites (tertiary alicyclic amines) is 1. The summed E-state index contributed by atoms with van der Waals surface area (Å²) in [5, 5.41) is 0. The zero-order valence-corrected chi connectivity index (χ0v) is 11.0. The molecule has 4 heteroatoms. The Labute approximate surface area is 112 Å². The Balaban J connectivity index is 1.88. The number of aromatic nitrogens is 2. The fourth-order valence-electron chi connectivity index (χ4n) is 2.76. The van der Waals surface area contributed by atoms with Crippen LogP contribution in [0.15, 0.2) is 42.9 Å². The van der Waals surface area contributed by atoms with E-state index in [1.54, 1.807) is 6.20 Å². The Kier molecular flexibility index (Phi) is 3.07. The molecule has 98 valence electrons. The summed E-state index contributed by atoms with van der Waals surface area (Å²) in [6.07, 6.45) is 7.60. The van der Waals surface area contributed by atoms with Gasteiger partial charge in [0.05, 0.1) is 6.04 Å². The van der Waals surface area contributed by atoms with Gasteiger partial charge in [-0.3, -0.25) is 9.78 Å². The Bertz CT molecular complexity index is 576. The maximum absolute atomic E-state index is 12.6. The van der Waals surface area contributed by atoms with E-state index in [0.717, 1.165) is 30.6 Å². The third kappa shape index (κ3) is 2.14. The van der Waals surface area contributed by atoms with Crippen molar-refractivity contribution >= 4 is 5.91 Å². The third-order valence-electron chi connectivity index (χ3n) is 3.75. The van der Waals surface area contributed by atoms with E-state index in [0.29, 0.717) is 0 Å². The molecule has 19 heavy (non-hydrogen) atoms. The van der Waals surface area contributed by atoms with Crippen LogP contribution < -0.4 is 0 Å². The number of nitrogens with zero attached hydrogens (tertiary/aromatic N) is 3. The van der Waals surface area contributed by atoms with Crippen LogP contribution in [0.3, 0.4) is 0 Å². The lowest BCUT2D eigenvalue weighted by molar-refractivity contribution is 0.0726. The van der Waals surface area contributed by atoms with Gasteiger partial charge in [-0.05, 0) is 36.6 Å². The molecule has 4 nitrogen and oxygen atoms in total. The number of hydrogen-bond acceptors (Lipinski definition) is 2. The van der Waals surface area contributed by atoms with Crippen molar-refractivity contribution in [2.24, 2.45) is 7.05 Å². The van der Waals surface area contributed by atoms with Gasteiger partial charge >= 0.3 is 0 Å². The summed E-state index contributed by atoms with van der Waals surface area (Å²) in [6, 6.07) is 7.92. The van der Waals surface area contributed by atoms with Gasteiger partial charge in [-0.2, -0.15) is 0 Å². The predicted molar refractivity (Wildman–Crippen MR) is 72.7 cm³/mol. The van der Waals surface area contributed by atoms with E-state index in [-0.39, 0.29) is 11.9 Å². The van der Waals surface area contributed by atoms with E-state index in [1.165, 1.54) is 0 Å². The largest absolute Gasteiger partial charge is 0.347 e. The Morgan fingerprint density at radius 3 is 2.95 bits per heavy atom. The SMILES string of the molecule is Cn1cccc1C(=O)N1CCCC1c1cccnc1. The van der Waals surface area contributed by atoms with Gasteiger partial charge in [-0.1, -0.05) is 6.07 Å². The monoisotopic (exact) mass is 255 g/mol. The first kappa shape index (κ1) is 12.0. The number of aryl methyl sites for hydroxylation is 1. The van der Waals surface area contributed by atoms with Crippen LogP contribution in [0, 0.1) is 0 Å². The summed E-state index contributed by atoms with van der Waals surface area (Å²) in [5.41, 5.74) is 1.87. The molecule has 0 saturated carbocycles. The molecule has 0 spiro atoms. The minimum atomic E-state index is 0.110. The third-order valence-corrected chi connectivity index (χ3v) is 3.75. The van der Waals surface area contributed by atoms with Gasteiger partial charge in [0, 0.05) is 32.2 Å². The van der Waals surface area contributed by atoms with Crippen LogP contribution in [0.4, 0.5) is 0 Å². The lowest BCUT2D eigenvalue weighted by Crippen LogP contribution is -2.31. The van der Waals surface area contributed by atoms with Gasteiger partial charge in [0.1, 0.15) is 5.69 Å². The lowest BCUT2D eigenvalue weighted by atomic mass is 10.1. The molecule has 0 bridgehead atoms. The molecule has 1 fully saturated rings. The second-order valence-electron chi connectivity index (χ2n) is 4.95. The first-order chi connectivity index (χ1) is 9.27. The number of carbonyl (C=O) groups is 1. The fourth-order valence-corrected chi connectivity index (χ4v) is 2.76. The molecular weight excluding hydrogens is 238 g/mol. The molecule has 3 heterocycles. The average Bonchev–Trinajstić information content (AvgIpc) is 3.07. The van der Waals surface area contributed by atoms with Crippen LogP contribution in [-0.2, 0) is 7.05 Å². The van der Waals surface area contributed by atoms with Crippen LogP contribution in [0.2, 0.25) is 0 Å². The highest BCUT2D eigenvalue weighted by atomic mass is 16.2. The van der Waals surface area contributed by atoms with Gasteiger partial charge in [0.15, 0.2) is 0 Å². The summed E-state index contributed by atoms with van der Waals surface area (Å²) in [4.78, 5) is 18.7.